The maximum Gasteiger partial charge on any atom is 0.229 e. The highest BCUT2D eigenvalue weighted by Crippen LogP contribution is 2.21. The summed E-state index contributed by atoms with van der Waals surface area (Å²) in [6.07, 6.45) is 1.64. The summed E-state index contributed by atoms with van der Waals surface area (Å²) in [4.78, 5) is 25.2. The molecule has 1 aromatic carbocycles. The van der Waals surface area contributed by atoms with Gasteiger partial charge in [0.25, 0.3) is 0 Å². The summed E-state index contributed by atoms with van der Waals surface area (Å²) in [5.74, 6) is 0.396. The van der Waals surface area contributed by atoms with Crippen molar-refractivity contribution < 1.29 is 9.59 Å². The molecule has 0 saturated carbocycles. The molecule has 2 rings (SSSR count). The molecule has 0 aromatic heterocycles. The molecule has 0 spiro atoms. The van der Waals surface area contributed by atoms with E-state index in [1.165, 1.54) is 10.5 Å². The van der Waals surface area contributed by atoms with Gasteiger partial charge in [-0.2, -0.15) is 0 Å². The third-order valence-electron chi connectivity index (χ3n) is 4.10. The molecule has 4 heteroatoms. The normalized spacial score (nSPS) is 17.4. The minimum Gasteiger partial charge on any atom is -0.312 e. The molecule has 0 bridgehead atoms. The van der Waals surface area contributed by atoms with Gasteiger partial charge in [-0.1, -0.05) is 38.1 Å². The Hall–Kier alpha value is -1.68. The minimum absolute atomic E-state index is 0.0165. The van der Waals surface area contributed by atoms with Crippen molar-refractivity contribution in [1.82, 2.24) is 10.2 Å². The SMILES string of the molecule is CNC(CN1C(=O)CCCC1=O)c1ccc(C(C)C)cc1. The highest BCUT2D eigenvalue weighted by molar-refractivity contribution is 5.97. The average molecular weight is 288 g/mol. The van der Waals surface area contributed by atoms with Crippen LogP contribution in [-0.2, 0) is 9.59 Å². The van der Waals surface area contributed by atoms with E-state index in [0.29, 0.717) is 31.7 Å². The van der Waals surface area contributed by atoms with Crippen LogP contribution in [0.3, 0.4) is 0 Å². The third-order valence-corrected chi connectivity index (χ3v) is 4.10. The molecule has 0 aliphatic carbocycles. The van der Waals surface area contributed by atoms with Crippen LogP contribution >= 0.6 is 0 Å². The first-order valence-corrected chi connectivity index (χ1v) is 7.63. The second-order valence-electron chi connectivity index (χ2n) is 5.91. The predicted octanol–water partition coefficient (Wildman–Crippen LogP) is 2.61. The van der Waals surface area contributed by atoms with Gasteiger partial charge in [-0.3, -0.25) is 14.5 Å². The number of likely N-dealkylation sites (tertiary alicyclic amines) is 1. The maximum absolute atomic E-state index is 11.9. The number of amides is 2. The zero-order valence-corrected chi connectivity index (χ0v) is 13.1. The van der Waals surface area contributed by atoms with Crippen LogP contribution in [0.1, 0.15) is 56.2 Å². The number of nitrogens with one attached hydrogen (secondary N) is 1. The molecule has 1 unspecified atom stereocenters. The van der Waals surface area contributed by atoms with Crippen LogP contribution in [-0.4, -0.2) is 30.3 Å². The summed E-state index contributed by atoms with van der Waals surface area (Å²) in [5, 5.41) is 3.21. The van der Waals surface area contributed by atoms with Gasteiger partial charge in [0.15, 0.2) is 0 Å². The van der Waals surface area contributed by atoms with E-state index in [2.05, 4.69) is 43.4 Å². The Morgan fingerprint density at radius 3 is 2.05 bits per heavy atom. The van der Waals surface area contributed by atoms with Crippen molar-refractivity contribution in [3.63, 3.8) is 0 Å². The van der Waals surface area contributed by atoms with Gasteiger partial charge in [-0.25, -0.2) is 0 Å². The van der Waals surface area contributed by atoms with Crippen molar-refractivity contribution in [3.8, 4) is 0 Å². The largest absolute Gasteiger partial charge is 0.312 e. The molecule has 1 N–H and O–H groups in total. The van der Waals surface area contributed by atoms with Crippen molar-refractivity contribution in [2.24, 2.45) is 0 Å². The second-order valence-corrected chi connectivity index (χ2v) is 5.91. The van der Waals surface area contributed by atoms with Crippen LogP contribution in [0, 0.1) is 0 Å². The lowest BCUT2D eigenvalue weighted by molar-refractivity contribution is -0.148. The molecular formula is C17H24N2O2. The van der Waals surface area contributed by atoms with E-state index in [0.717, 1.165) is 5.56 Å². The van der Waals surface area contributed by atoms with Crippen molar-refractivity contribution >= 4 is 11.8 Å². The van der Waals surface area contributed by atoms with Crippen molar-refractivity contribution in [3.05, 3.63) is 35.4 Å². The van der Waals surface area contributed by atoms with E-state index in [1.807, 2.05) is 7.05 Å². The standard InChI is InChI=1S/C17H24N2O2/c1-12(2)13-7-9-14(10-8-13)15(18-3)11-19-16(20)5-4-6-17(19)21/h7-10,12,15,18H,4-6,11H2,1-3H3. The topological polar surface area (TPSA) is 49.4 Å². The second kappa shape index (κ2) is 6.85. The summed E-state index contributed by atoms with van der Waals surface area (Å²) in [6.45, 7) is 4.74. The first-order chi connectivity index (χ1) is 10.0. The molecule has 1 heterocycles. The van der Waals surface area contributed by atoms with Crippen molar-refractivity contribution in [2.45, 2.75) is 45.1 Å². The molecule has 21 heavy (non-hydrogen) atoms. The number of carbonyl (C=O) groups excluding carboxylic acids is 2. The number of hydrogen-bond acceptors (Lipinski definition) is 3. The smallest absolute Gasteiger partial charge is 0.229 e. The van der Waals surface area contributed by atoms with Crippen LogP contribution in [0.25, 0.3) is 0 Å². The Morgan fingerprint density at radius 1 is 1.05 bits per heavy atom. The van der Waals surface area contributed by atoms with Gasteiger partial charge in [0.05, 0.1) is 6.04 Å². The van der Waals surface area contributed by atoms with Crippen LogP contribution in [0.4, 0.5) is 0 Å². The van der Waals surface area contributed by atoms with Crippen molar-refractivity contribution in [2.75, 3.05) is 13.6 Å². The monoisotopic (exact) mass is 288 g/mol. The van der Waals surface area contributed by atoms with Gasteiger partial charge in [0, 0.05) is 19.4 Å². The van der Waals surface area contributed by atoms with Gasteiger partial charge in [-0.05, 0) is 30.5 Å². The number of piperidine rings is 1. The first-order valence-electron chi connectivity index (χ1n) is 7.63. The Kier molecular flexibility index (Phi) is 5.12. The zero-order valence-electron chi connectivity index (χ0n) is 13.1. The zero-order chi connectivity index (χ0) is 15.4. The number of imide groups is 1. The van der Waals surface area contributed by atoms with Crippen molar-refractivity contribution in [1.29, 1.82) is 0 Å². The lowest BCUT2D eigenvalue weighted by Crippen LogP contribution is -2.44. The Balaban J connectivity index is 2.12. The number of likely N-dealkylation sites (N-methyl/N-ethyl adjacent to an activating group) is 1. The highest BCUT2D eigenvalue weighted by atomic mass is 16.2. The predicted molar refractivity (Wildman–Crippen MR) is 82.9 cm³/mol. The van der Waals surface area contributed by atoms with E-state index in [9.17, 15) is 9.59 Å². The fraction of sp³-hybridized carbons (Fsp3) is 0.529. The van der Waals surface area contributed by atoms with Gasteiger partial charge in [-0.15, -0.1) is 0 Å². The molecule has 1 atom stereocenters. The molecule has 1 aliphatic rings. The van der Waals surface area contributed by atoms with Crippen LogP contribution in [0.5, 0.6) is 0 Å². The summed E-state index contributed by atoms with van der Waals surface area (Å²) in [5.41, 5.74) is 2.40. The number of nitrogens with zero attached hydrogens (tertiary/aromatic N) is 1. The quantitative estimate of drug-likeness (QED) is 0.847. The molecular weight excluding hydrogens is 264 g/mol. The Morgan fingerprint density at radius 2 is 1.57 bits per heavy atom. The lowest BCUT2D eigenvalue weighted by Gasteiger charge is -2.29. The number of hydrogen-bond donors (Lipinski definition) is 1. The molecule has 1 aliphatic heterocycles. The molecule has 4 nitrogen and oxygen atoms in total. The number of rotatable bonds is 5. The molecule has 0 radical (unpaired) electrons. The summed E-state index contributed by atoms with van der Waals surface area (Å²) < 4.78 is 0. The third kappa shape index (κ3) is 3.70. The first kappa shape index (κ1) is 15.7. The highest BCUT2D eigenvalue weighted by Gasteiger charge is 2.28. The van der Waals surface area contributed by atoms with E-state index in [-0.39, 0.29) is 17.9 Å². The summed E-state index contributed by atoms with van der Waals surface area (Å²) in [7, 11) is 1.86. The van der Waals surface area contributed by atoms with Gasteiger partial charge in [0.2, 0.25) is 11.8 Å². The molecule has 2 amide bonds. The fourth-order valence-electron chi connectivity index (χ4n) is 2.66. The van der Waals surface area contributed by atoms with Crippen LogP contribution in [0.2, 0.25) is 0 Å². The molecule has 114 valence electrons. The van der Waals surface area contributed by atoms with Gasteiger partial charge in [0.1, 0.15) is 0 Å². The minimum atomic E-state index is -0.0506. The van der Waals surface area contributed by atoms with Gasteiger partial charge >= 0.3 is 0 Å². The molecule has 1 aromatic rings. The van der Waals surface area contributed by atoms with E-state index in [4.69, 9.17) is 0 Å². The number of benzene rings is 1. The molecule has 1 fully saturated rings. The lowest BCUT2D eigenvalue weighted by atomic mass is 9.98. The van der Waals surface area contributed by atoms with Crippen LogP contribution in [0.15, 0.2) is 24.3 Å². The summed E-state index contributed by atoms with van der Waals surface area (Å²) >= 11 is 0. The van der Waals surface area contributed by atoms with E-state index in [1.54, 1.807) is 0 Å². The van der Waals surface area contributed by atoms with E-state index >= 15 is 0 Å². The van der Waals surface area contributed by atoms with E-state index < -0.39 is 0 Å². The number of carbonyl (C=O) groups is 2. The van der Waals surface area contributed by atoms with Gasteiger partial charge < -0.3 is 5.32 Å². The summed E-state index contributed by atoms with van der Waals surface area (Å²) in [6, 6.07) is 8.37. The maximum atomic E-state index is 11.9. The molecule has 1 saturated heterocycles. The average Bonchev–Trinajstić information content (AvgIpc) is 2.47. The fourth-order valence-corrected chi connectivity index (χ4v) is 2.66. The Labute approximate surface area is 126 Å². The Bertz CT molecular complexity index is 492. The van der Waals surface area contributed by atoms with Crippen LogP contribution < -0.4 is 5.32 Å².